The van der Waals surface area contributed by atoms with Crippen LogP contribution < -0.4 is 4.90 Å². The molecule has 82 valence electrons. The minimum absolute atomic E-state index is 0.281. The number of anilines is 1. The highest BCUT2D eigenvalue weighted by atomic mass is 19.1. The first-order chi connectivity index (χ1) is 7.08. The van der Waals surface area contributed by atoms with Gasteiger partial charge in [0.05, 0.1) is 6.10 Å². The molecular weight excluding hydrogens is 195 g/mol. The van der Waals surface area contributed by atoms with Crippen molar-refractivity contribution in [2.45, 2.75) is 25.9 Å². The summed E-state index contributed by atoms with van der Waals surface area (Å²) in [6.07, 6.45) is 1.37. The van der Waals surface area contributed by atoms with E-state index in [0.29, 0.717) is 18.9 Å². The zero-order chi connectivity index (χ0) is 11.0. The highest BCUT2D eigenvalue weighted by Gasteiger charge is 2.27. The second-order valence-electron chi connectivity index (χ2n) is 4.29. The molecule has 0 saturated carbocycles. The van der Waals surface area contributed by atoms with Crippen LogP contribution >= 0.6 is 0 Å². The van der Waals surface area contributed by atoms with Gasteiger partial charge in [-0.3, -0.25) is 0 Å². The van der Waals surface area contributed by atoms with Gasteiger partial charge in [-0.2, -0.15) is 0 Å². The second-order valence-corrected chi connectivity index (χ2v) is 4.29. The quantitative estimate of drug-likeness (QED) is 0.804. The van der Waals surface area contributed by atoms with E-state index in [1.54, 1.807) is 11.1 Å². The molecule has 0 aliphatic carbocycles. The van der Waals surface area contributed by atoms with Gasteiger partial charge < -0.3 is 10.0 Å². The number of β-amino-alcohol motifs (C(OH)–C–C–N with tert-alkyl or cyclic N) is 1. The molecule has 2 rings (SSSR count). The molecule has 0 aromatic carbocycles. The van der Waals surface area contributed by atoms with Crippen LogP contribution in [0.3, 0.4) is 0 Å². The average Bonchev–Trinajstić information content (AvgIpc) is 2.13. The lowest BCUT2D eigenvalue weighted by molar-refractivity contribution is 0.140. The third-order valence-corrected chi connectivity index (χ3v) is 2.67. The van der Waals surface area contributed by atoms with Gasteiger partial charge in [-0.05, 0) is 17.5 Å². The van der Waals surface area contributed by atoms with Gasteiger partial charge in [0, 0.05) is 19.3 Å². The number of hydrogen-bond acceptors (Lipinski definition) is 3. The van der Waals surface area contributed by atoms with E-state index in [1.165, 1.54) is 6.07 Å². The molecule has 0 spiro atoms. The molecule has 4 heteroatoms. The summed E-state index contributed by atoms with van der Waals surface area (Å²) in [6.45, 7) is 4.96. The van der Waals surface area contributed by atoms with E-state index >= 15 is 0 Å². The summed E-state index contributed by atoms with van der Waals surface area (Å²) in [7, 11) is 0. The highest BCUT2D eigenvalue weighted by Crippen LogP contribution is 2.24. The maximum absolute atomic E-state index is 13.6. The van der Waals surface area contributed by atoms with Gasteiger partial charge in [-0.15, -0.1) is 0 Å². The first-order valence-corrected chi connectivity index (χ1v) is 5.16. The molecule has 1 aliphatic rings. The van der Waals surface area contributed by atoms with Gasteiger partial charge in [0.15, 0.2) is 11.6 Å². The third-order valence-electron chi connectivity index (χ3n) is 2.67. The van der Waals surface area contributed by atoms with Gasteiger partial charge in [-0.1, -0.05) is 13.8 Å². The highest BCUT2D eigenvalue weighted by molar-refractivity contribution is 5.44. The summed E-state index contributed by atoms with van der Waals surface area (Å²) in [5, 5.41) is 9.12. The van der Waals surface area contributed by atoms with E-state index in [2.05, 4.69) is 4.98 Å². The van der Waals surface area contributed by atoms with Crippen LogP contribution in [0, 0.1) is 5.82 Å². The molecule has 15 heavy (non-hydrogen) atoms. The standard InChI is InChI=1S/C11H15FN2O/c1-7(2)8-3-10(12)11(13-4-8)14-5-9(15)6-14/h3-4,7,9,15H,5-6H2,1-2H3. The first kappa shape index (κ1) is 10.4. The maximum Gasteiger partial charge on any atom is 0.165 e. The topological polar surface area (TPSA) is 36.4 Å². The normalized spacial score (nSPS) is 17.0. The maximum atomic E-state index is 13.6. The fourth-order valence-corrected chi connectivity index (χ4v) is 1.62. The summed E-state index contributed by atoms with van der Waals surface area (Å²) in [6, 6.07) is 1.53. The molecule has 1 N–H and O–H groups in total. The van der Waals surface area contributed by atoms with Crippen molar-refractivity contribution in [2.24, 2.45) is 0 Å². The van der Waals surface area contributed by atoms with Gasteiger partial charge >= 0.3 is 0 Å². The Bertz CT molecular complexity index is 362. The van der Waals surface area contributed by atoms with Crippen molar-refractivity contribution < 1.29 is 9.50 Å². The van der Waals surface area contributed by atoms with E-state index in [1.807, 2.05) is 13.8 Å². The predicted octanol–water partition coefficient (Wildman–Crippen LogP) is 1.53. The molecule has 0 radical (unpaired) electrons. The predicted molar refractivity (Wildman–Crippen MR) is 56.5 cm³/mol. The lowest BCUT2D eigenvalue weighted by Gasteiger charge is -2.36. The summed E-state index contributed by atoms with van der Waals surface area (Å²) >= 11 is 0. The van der Waals surface area contributed by atoms with Crippen molar-refractivity contribution in [1.29, 1.82) is 0 Å². The van der Waals surface area contributed by atoms with E-state index in [0.717, 1.165) is 5.56 Å². The fraction of sp³-hybridized carbons (Fsp3) is 0.545. The summed E-state index contributed by atoms with van der Waals surface area (Å²) in [5.74, 6) is 0.334. The molecule has 0 atom stereocenters. The third kappa shape index (κ3) is 1.95. The lowest BCUT2D eigenvalue weighted by atomic mass is 10.1. The Morgan fingerprint density at radius 3 is 2.67 bits per heavy atom. The number of aromatic nitrogens is 1. The van der Waals surface area contributed by atoms with E-state index < -0.39 is 0 Å². The number of halogens is 1. The Hall–Kier alpha value is -1.16. The number of nitrogens with zero attached hydrogens (tertiary/aromatic N) is 2. The molecule has 1 fully saturated rings. The van der Waals surface area contributed by atoms with Crippen LogP contribution in [-0.4, -0.2) is 29.3 Å². The summed E-state index contributed by atoms with van der Waals surface area (Å²) < 4.78 is 13.6. The Morgan fingerprint density at radius 2 is 2.20 bits per heavy atom. The number of pyridine rings is 1. The van der Waals surface area contributed by atoms with Crippen LogP contribution in [0.15, 0.2) is 12.3 Å². The minimum atomic E-state index is -0.337. The van der Waals surface area contributed by atoms with Crippen molar-refractivity contribution >= 4 is 5.82 Å². The zero-order valence-corrected chi connectivity index (χ0v) is 8.94. The lowest BCUT2D eigenvalue weighted by Crippen LogP contribution is -2.51. The molecule has 0 unspecified atom stereocenters. The fourth-order valence-electron chi connectivity index (χ4n) is 1.62. The SMILES string of the molecule is CC(C)c1cnc(N2CC(O)C2)c(F)c1. The molecule has 3 nitrogen and oxygen atoms in total. The van der Waals surface area contributed by atoms with Crippen molar-refractivity contribution in [3.8, 4) is 0 Å². The van der Waals surface area contributed by atoms with Crippen LogP contribution in [0.5, 0.6) is 0 Å². The largest absolute Gasteiger partial charge is 0.389 e. The first-order valence-electron chi connectivity index (χ1n) is 5.16. The zero-order valence-electron chi connectivity index (χ0n) is 8.94. The molecule has 0 amide bonds. The smallest absolute Gasteiger partial charge is 0.165 e. The number of aliphatic hydroxyl groups excluding tert-OH is 1. The van der Waals surface area contributed by atoms with Crippen LogP contribution in [0.4, 0.5) is 10.2 Å². The van der Waals surface area contributed by atoms with E-state index in [4.69, 9.17) is 5.11 Å². The summed E-state index contributed by atoms with van der Waals surface area (Å²) in [4.78, 5) is 5.84. The van der Waals surface area contributed by atoms with E-state index in [9.17, 15) is 4.39 Å². The van der Waals surface area contributed by atoms with Crippen LogP contribution in [0.2, 0.25) is 0 Å². The Labute approximate surface area is 88.6 Å². The Balaban J connectivity index is 2.20. The van der Waals surface area contributed by atoms with Gasteiger partial charge in [0.1, 0.15) is 0 Å². The van der Waals surface area contributed by atoms with Crippen LogP contribution in [0.25, 0.3) is 0 Å². The molecule has 1 aliphatic heterocycles. The molecule has 1 saturated heterocycles. The minimum Gasteiger partial charge on any atom is -0.389 e. The Morgan fingerprint density at radius 1 is 1.53 bits per heavy atom. The van der Waals surface area contributed by atoms with Crippen molar-refractivity contribution in [2.75, 3.05) is 18.0 Å². The van der Waals surface area contributed by atoms with Gasteiger partial charge in [0.25, 0.3) is 0 Å². The van der Waals surface area contributed by atoms with Crippen LogP contribution in [0.1, 0.15) is 25.3 Å². The van der Waals surface area contributed by atoms with Crippen LogP contribution in [-0.2, 0) is 0 Å². The second kappa shape index (κ2) is 3.77. The van der Waals surface area contributed by atoms with E-state index in [-0.39, 0.29) is 17.8 Å². The number of rotatable bonds is 2. The van der Waals surface area contributed by atoms with Gasteiger partial charge in [-0.25, -0.2) is 9.37 Å². The van der Waals surface area contributed by atoms with Crippen molar-refractivity contribution in [3.05, 3.63) is 23.6 Å². The van der Waals surface area contributed by atoms with Crippen molar-refractivity contribution in [1.82, 2.24) is 4.98 Å². The monoisotopic (exact) mass is 210 g/mol. The Kier molecular flexibility index (Phi) is 2.61. The molecule has 0 bridgehead atoms. The number of aliphatic hydroxyl groups is 1. The molecule has 1 aromatic rings. The molecule has 1 aromatic heterocycles. The summed E-state index contributed by atoms with van der Waals surface area (Å²) in [5.41, 5.74) is 0.900. The van der Waals surface area contributed by atoms with Gasteiger partial charge in [0.2, 0.25) is 0 Å². The van der Waals surface area contributed by atoms with Crippen molar-refractivity contribution in [3.63, 3.8) is 0 Å². The number of hydrogen-bond donors (Lipinski definition) is 1. The molecule has 2 heterocycles. The average molecular weight is 210 g/mol. The molecular formula is C11H15FN2O.